The van der Waals surface area contributed by atoms with Gasteiger partial charge in [-0.25, -0.2) is 9.80 Å². The fraction of sp³-hybridized carbons (Fsp3) is 0.917. The van der Waals surface area contributed by atoms with Crippen LogP contribution >= 0.6 is 0 Å². The molecule has 0 radical (unpaired) electrons. The summed E-state index contributed by atoms with van der Waals surface area (Å²) in [7, 11) is 0. The molecule has 8 rings (SSSR count). The number of hydrogen-bond donors (Lipinski definition) is 1. The molecule has 6 saturated carbocycles. The molecule has 0 saturated heterocycles. The number of carbonyl (C=O) groups excluding carboxylic acids is 2. The molecule has 0 unspecified atom stereocenters. The Labute approximate surface area is 279 Å². The molecule has 0 spiro atoms. The lowest BCUT2D eigenvalue weighted by atomic mass is 9.49. The minimum atomic E-state index is -0.473. The van der Waals surface area contributed by atoms with E-state index in [4.69, 9.17) is 0 Å². The number of ketones is 1. The Morgan fingerprint density at radius 2 is 1.49 bits per heavy atom. The van der Waals surface area contributed by atoms with Crippen molar-refractivity contribution in [2.75, 3.05) is 6.54 Å². The summed E-state index contributed by atoms with van der Waals surface area (Å²) in [6.45, 7) is 4.74. The van der Waals surface area contributed by atoms with Crippen molar-refractivity contribution in [1.29, 1.82) is 0 Å². The van der Waals surface area contributed by atoms with Gasteiger partial charge in [0.05, 0.1) is 17.7 Å². The van der Waals surface area contributed by atoms with Crippen molar-refractivity contribution in [2.45, 2.75) is 160 Å². The first-order valence-electron chi connectivity index (χ1n) is 19.1. The van der Waals surface area contributed by atoms with Gasteiger partial charge in [-0.3, -0.25) is 9.59 Å². The third kappa shape index (κ3) is 6.51. The average molecular weight is 652 g/mol. The van der Waals surface area contributed by atoms with Gasteiger partial charge in [0, 0.05) is 5.92 Å². The Bertz CT molecular complexity index is 1380. The maximum absolute atomic E-state index is 13.6. The zero-order valence-electron chi connectivity index (χ0n) is 28.8. The molecule has 2 heterocycles. The summed E-state index contributed by atoms with van der Waals surface area (Å²) in [5, 5.41) is 28.1. The van der Waals surface area contributed by atoms with E-state index in [9.17, 15) is 19.5 Å². The highest BCUT2D eigenvalue weighted by Gasteiger charge is 2.58. The predicted octanol–water partition coefficient (Wildman–Crippen LogP) is 6.06. The smallest absolute Gasteiger partial charge is 0.364 e. The Kier molecular flexibility index (Phi) is 9.48. The summed E-state index contributed by atoms with van der Waals surface area (Å²) in [6, 6.07) is 0.486. The topological polar surface area (TPSA) is 135 Å². The van der Waals surface area contributed by atoms with Crippen molar-refractivity contribution >= 4 is 11.7 Å². The molecule has 0 bridgehead atoms. The first-order chi connectivity index (χ1) is 22.6. The first-order valence-corrected chi connectivity index (χ1v) is 19.1. The summed E-state index contributed by atoms with van der Waals surface area (Å²) in [6.07, 6.45) is 21.5. The van der Waals surface area contributed by atoms with E-state index < -0.39 is 5.60 Å². The molecule has 7 aliphatic rings. The van der Waals surface area contributed by atoms with Gasteiger partial charge >= 0.3 is 5.69 Å². The molecule has 8 atom stereocenters. The minimum absolute atomic E-state index is 0.0324. The molecular formula is C36H57N7O4. The summed E-state index contributed by atoms with van der Waals surface area (Å²) < 4.78 is 2.87. The lowest BCUT2D eigenvalue weighted by Crippen LogP contribution is -2.51. The van der Waals surface area contributed by atoms with Crippen molar-refractivity contribution in [3.8, 4) is 0 Å². The molecule has 1 N–H and O–H groups in total. The molecule has 47 heavy (non-hydrogen) atoms. The van der Waals surface area contributed by atoms with Crippen LogP contribution in [0.1, 0.15) is 142 Å². The van der Waals surface area contributed by atoms with Gasteiger partial charge in [-0.15, -0.1) is 0 Å². The third-order valence-electron chi connectivity index (χ3n) is 14.1. The standard InChI is InChI=1S/C28H44N4O3.C8H13N3O/c1-27(35)14-12-20-18(16-27)8-9-22-21(20)13-15-28(2)23(22)10-11-24(28)25(33)17-31-26(34)32(30-29-31)19-6-4-3-5-7-19;12-8-6-9-10-11(8)7-4-2-1-3-5-7/h18-24,35H,3-17H2,1-2H3;7H,1-6H2/t18-,20+,21-,22-,23+,24-,27-,28+;/m1./s1. The second-order valence-electron chi connectivity index (χ2n) is 16.9. The van der Waals surface area contributed by atoms with Crippen molar-refractivity contribution in [3.05, 3.63) is 10.5 Å². The van der Waals surface area contributed by atoms with Gasteiger partial charge in [0.1, 0.15) is 13.1 Å². The number of fused-ring (bicyclic) bond motifs is 5. The van der Waals surface area contributed by atoms with Crippen LogP contribution in [-0.2, 0) is 16.1 Å². The molecule has 6 fully saturated rings. The predicted molar refractivity (Wildman–Crippen MR) is 176 cm³/mol. The van der Waals surface area contributed by atoms with Crippen LogP contribution in [0.2, 0.25) is 0 Å². The normalized spacial score (nSPS) is 39.1. The van der Waals surface area contributed by atoms with Crippen LogP contribution in [0.4, 0.5) is 0 Å². The van der Waals surface area contributed by atoms with Crippen LogP contribution in [0.5, 0.6) is 0 Å². The molecule has 260 valence electrons. The zero-order valence-corrected chi connectivity index (χ0v) is 28.8. The quantitative estimate of drug-likeness (QED) is 0.411. The second kappa shape index (κ2) is 13.5. The van der Waals surface area contributed by atoms with Gasteiger partial charge < -0.3 is 5.11 Å². The highest BCUT2D eigenvalue weighted by molar-refractivity contribution is 5.82. The highest BCUT2D eigenvalue weighted by atomic mass is 16.3. The van der Waals surface area contributed by atoms with Gasteiger partial charge in [-0.1, -0.05) is 50.7 Å². The van der Waals surface area contributed by atoms with E-state index >= 15 is 0 Å². The average Bonchev–Trinajstić information content (AvgIpc) is 3.77. The number of carbonyl (C=O) groups is 2. The molecule has 1 aromatic heterocycles. The van der Waals surface area contributed by atoms with Gasteiger partial charge in [0.15, 0.2) is 5.78 Å². The van der Waals surface area contributed by atoms with E-state index in [-0.39, 0.29) is 47.8 Å². The number of Topliss-reactive ketones (excluding diaryl/α,β-unsaturated/α-hetero) is 1. The summed E-state index contributed by atoms with van der Waals surface area (Å²) in [5.74, 6) is 3.86. The third-order valence-corrected chi connectivity index (χ3v) is 14.1. The molecular weight excluding hydrogens is 594 g/mol. The Hall–Kier alpha value is -2.43. The van der Waals surface area contributed by atoms with E-state index in [1.165, 1.54) is 60.7 Å². The van der Waals surface area contributed by atoms with Crippen molar-refractivity contribution in [2.24, 2.45) is 51.3 Å². The lowest BCUT2D eigenvalue weighted by Gasteiger charge is -2.56. The van der Waals surface area contributed by atoms with Crippen molar-refractivity contribution in [3.63, 3.8) is 0 Å². The van der Waals surface area contributed by atoms with E-state index in [0.29, 0.717) is 17.9 Å². The number of aliphatic hydroxyl groups is 1. The molecule has 1 aromatic rings. The number of rotatable bonds is 5. The monoisotopic (exact) mass is 651 g/mol. The number of amides is 1. The Morgan fingerprint density at radius 3 is 2.19 bits per heavy atom. The first kappa shape index (κ1) is 33.1. The van der Waals surface area contributed by atoms with Crippen molar-refractivity contribution < 1.29 is 14.7 Å². The largest absolute Gasteiger partial charge is 0.390 e. The van der Waals surface area contributed by atoms with Crippen LogP contribution in [0.25, 0.3) is 0 Å². The molecule has 0 aromatic carbocycles. The molecule has 1 aliphatic heterocycles. The maximum atomic E-state index is 13.6. The van der Waals surface area contributed by atoms with Gasteiger partial charge in [-0.2, -0.15) is 14.5 Å². The molecule has 11 nitrogen and oxygen atoms in total. The van der Waals surface area contributed by atoms with Crippen molar-refractivity contribution in [1.82, 2.24) is 24.8 Å². The van der Waals surface area contributed by atoms with E-state index in [0.717, 1.165) is 88.4 Å². The van der Waals surface area contributed by atoms with Crippen LogP contribution in [-0.4, -0.2) is 59.8 Å². The van der Waals surface area contributed by atoms with E-state index in [2.05, 4.69) is 27.7 Å². The number of hydrogen-bond acceptors (Lipinski definition) is 8. The summed E-state index contributed by atoms with van der Waals surface area (Å²) in [5.41, 5.74) is -0.632. The van der Waals surface area contributed by atoms with E-state index in [1.54, 1.807) is 5.01 Å². The van der Waals surface area contributed by atoms with Gasteiger partial charge in [0.2, 0.25) is 0 Å². The second-order valence-corrected chi connectivity index (χ2v) is 16.9. The van der Waals surface area contributed by atoms with Crippen LogP contribution in [0.15, 0.2) is 15.1 Å². The van der Waals surface area contributed by atoms with Crippen LogP contribution in [0, 0.1) is 40.9 Å². The fourth-order valence-electron chi connectivity index (χ4n) is 11.7. The zero-order chi connectivity index (χ0) is 32.8. The van der Waals surface area contributed by atoms with Crippen LogP contribution < -0.4 is 5.69 Å². The maximum Gasteiger partial charge on any atom is 0.364 e. The van der Waals surface area contributed by atoms with Gasteiger partial charge in [0.25, 0.3) is 5.91 Å². The number of tetrazole rings is 1. The summed E-state index contributed by atoms with van der Waals surface area (Å²) in [4.78, 5) is 37.8. The van der Waals surface area contributed by atoms with E-state index in [1.807, 2.05) is 6.92 Å². The lowest BCUT2D eigenvalue weighted by molar-refractivity contribution is -0.133. The molecule has 6 aliphatic carbocycles. The Morgan fingerprint density at radius 1 is 0.787 bits per heavy atom. The van der Waals surface area contributed by atoms with Gasteiger partial charge in [-0.05, 0) is 136 Å². The Balaban J connectivity index is 0.000000245. The molecule has 11 heteroatoms. The summed E-state index contributed by atoms with van der Waals surface area (Å²) >= 11 is 0. The van der Waals surface area contributed by atoms with Crippen LogP contribution in [0.3, 0.4) is 0 Å². The SMILES string of the molecule is C[C@@]1(O)CC[C@H]2[C@H](CC[C@@H]3[C@@H]2CC[C@]2(C)[C@@H](C(=O)Cn4nnn(C5CCCCC5)c4=O)CC[C@@H]32)C1.O=C1CN=NN1C1CCCCC1. The number of aromatic nitrogens is 4. The fourth-order valence-corrected chi connectivity index (χ4v) is 11.7. The number of nitrogens with zero attached hydrogens (tertiary/aromatic N) is 7. The highest BCUT2D eigenvalue weighted by Crippen LogP contribution is 2.64. The molecule has 1 amide bonds. The minimum Gasteiger partial charge on any atom is -0.390 e.